The smallest absolute Gasteiger partial charge is 0.407 e. The number of ether oxygens (including phenoxy) is 1. The van der Waals surface area contributed by atoms with E-state index in [2.05, 4.69) is 22.2 Å². The summed E-state index contributed by atoms with van der Waals surface area (Å²) in [5.74, 6) is 5.88. The van der Waals surface area contributed by atoms with Crippen LogP contribution in [0.2, 0.25) is 0 Å². The van der Waals surface area contributed by atoms with Crippen LogP contribution in [-0.4, -0.2) is 18.7 Å². The van der Waals surface area contributed by atoms with Crippen molar-refractivity contribution in [3.8, 4) is 11.8 Å². The zero-order chi connectivity index (χ0) is 17.0. The van der Waals surface area contributed by atoms with Gasteiger partial charge in [-0.25, -0.2) is 9.59 Å². The molecule has 2 aromatic carbocycles. The SMILES string of the molecule is O=C=Nc1cccc(C#CCCNC(=O)OCc2ccccc2)c1. The molecule has 0 bridgehead atoms. The number of aliphatic imine (C=N–C) groups is 1. The first kappa shape index (κ1) is 17.0. The van der Waals surface area contributed by atoms with E-state index in [1.54, 1.807) is 18.2 Å². The molecule has 1 N–H and O–H groups in total. The van der Waals surface area contributed by atoms with Gasteiger partial charge in [-0.05, 0) is 23.8 Å². The van der Waals surface area contributed by atoms with E-state index in [1.807, 2.05) is 36.4 Å². The van der Waals surface area contributed by atoms with Gasteiger partial charge in [0.1, 0.15) is 6.61 Å². The molecular formula is C19H16N2O3. The van der Waals surface area contributed by atoms with Gasteiger partial charge in [-0.15, -0.1) is 0 Å². The minimum atomic E-state index is -0.469. The Morgan fingerprint density at radius 2 is 1.96 bits per heavy atom. The second-order valence-electron chi connectivity index (χ2n) is 4.79. The molecule has 0 radical (unpaired) electrons. The van der Waals surface area contributed by atoms with Crippen LogP contribution in [0.5, 0.6) is 0 Å². The maximum Gasteiger partial charge on any atom is 0.407 e. The summed E-state index contributed by atoms with van der Waals surface area (Å²) in [7, 11) is 0. The Bertz CT molecular complexity index is 785. The number of nitrogens with zero attached hydrogens (tertiary/aromatic N) is 1. The van der Waals surface area contributed by atoms with Crippen molar-refractivity contribution in [3.05, 3.63) is 65.7 Å². The molecule has 0 heterocycles. The lowest BCUT2D eigenvalue weighted by molar-refractivity contribution is 0.140. The summed E-state index contributed by atoms with van der Waals surface area (Å²) in [5, 5.41) is 2.64. The largest absolute Gasteiger partial charge is 0.445 e. The third-order valence-corrected chi connectivity index (χ3v) is 2.99. The summed E-state index contributed by atoms with van der Waals surface area (Å²) in [6, 6.07) is 16.4. The van der Waals surface area contributed by atoms with Crippen LogP contribution in [0.3, 0.4) is 0 Å². The predicted molar refractivity (Wildman–Crippen MR) is 90.3 cm³/mol. The van der Waals surface area contributed by atoms with Crippen LogP contribution in [0.1, 0.15) is 17.5 Å². The maximum absolute atomic E-state index is 11.5. The van der Waals surface area contributed by atoms with Crippen molar-refractivity contribution in [2.75, 3.05) is 6.54 Å². The number of carbonyl (C=O) groups is 1. The van der Waals surface area contributed by atoms with Crippen molar-refractivity contribution in [1.29, 1.82) is 0 Å². The minimum Gasteiger partial charge on any atom is -0.445 e. The summed E-state index contributed by atoms with van der Waals surface area (Å²) < 4.78 is 5.09. The summed E-state index contributed by atoms with van der Waals surface area (Å²) in [4.78, 5) is 25.3. The van der Waals surface area contributed by atoms with Crippen molar-refractivity contribution >= 4 is 17.9 Å². The van der Waals surface area contributed by atoms with Crippen LogP contribution in [0.4, 0.5) is 10.5 Å². The van der Waals surface area contributed by atoms with E-state index in [4.69, 9.17) is 4.74 Å². The first-order valence-corrected chi connectivity index (χ1v) is 7.39. The first-order chi connectivity index (χ1) is 11.8. The van der Waals surface area contributed by atoms with Crippen LogP contribution in [0, 0.1) is 11.8 Å². The van der Waals surface area contributed by atoms with Gasteiger partial charge in [0.15, 0.2) is 0 Å². The van der Waals surface area contributed by atoms with E-state index in [1.165, 1.54) is 6.08 Å². The van der Waals surface area contributed by atoms with E-state index in [9.17, 15) is 9.59 Å². The van der Waals surface area contributed by atoms with Gasteiger partial charge < -0.3 is 10.1 Å². The van der Waals surface area contributed by atoms with Gasteiger partial charge in [0.05, 0.1) is 5.69 Å². The van der Waals surface area contributed by atoms with Gasteiger partial charge in [0.25, 0.3) is 0 Å². The second kappa shape index (κ2) is 9.62. The topological polar surface area (TPSA) is 67.8 Å². The minimum absolute atomic E-state index is 0.238. The van der Waals surface area contributed by atoms with Gasteiger partial charge >= 0.3 is 6.09 Å². The maximum atomic E-state index is 11.5. The third-order valence-electron chi connectivity index (χ3n) is 2.99. The summed E-state index contributed by atoms with van der Waals surface area (Å²) in [6.07, 6.45) is 1.51. The molecule has 5 heteroatoms. The number of hydrogen-bond acceptors (Lipinski definition) is 4. The summed E-state index contributed by atoms with van der Waals surface area (Å²) in [5.41, 5.74) is 2.20. The van der Waals surface area contributed by atoms with Gasteiger partial charge in [-0.2, -0.15) is 4.99 Å². The van der Waals surface area contributed by atoms with Crippen LogP contribution >= 0.6 is 0 Å². The Balaban J connectivity index is 1.70. The highest BCUT2D eigenvalue weighted by atomic mass is 16.5. The fourth-order valence-corrected chi connectivity index (χ4v) is 1.87. The van der Waals surface area contributed by atoms with Crippen LogP contribution in [-0.2, 0) is 16.1 Å². The number of amides is 1. The van der Waals surface area contributed by atoms with Gasteiger partial charge in [-0.3, -0.25) is 0 Å². The average Bonchev–Trinajstić information content (AvgIpc) is 2.61. The lowest BCUT2D eigenvalue weighted by Gasteiger charge is -2.05. The quantitative estimate of drug-likeness (QED) is 0.398. The molecule has 120 valence electrons. The first-order valence-electron chi connectivity index (χ1n) is 7.39. The Morgan fingerprint density at radius 1 is 1.12 bits per heavy atom. The molecule has 0 aromatic heterocycles. The van der Waals surface area contributed by atoms with E-state index in [0.29, 0.717) is 18.7 Å². The fourth-order valence-electron chi connectivity index (χ4n) is 1.87. The lowest BCUT2D eigenvalue weighted by atomic mass is 10.2. The molecule has 5 nitrogen and oxygen atoms in total. The lowest BCUT2D eigenvalue weighted by Crippen LogP contribution is -2.24. The predicted octanol–water partition coefficient (Wildman–Crippen LogP) is 3.32. The highest BCUT2D eigenvalue weighted by Gasteiger charge is 2.00. The zero-order valence-electron chi connectivity index (χ0n) is 13.0. The molecule has 1 amide bonds. The Labute approximate surface area is 140 Å². The van der Waals surface area contributed by atoms with E-state index in [-0.39, 0.29) is 6.61 Å². The van der Waals surface area contributed by atoms with Crippen molar-refractivity contribution in [3.63, 3.8) is 0 Å². The molecule has 24 heavy (non-hydrogen) atoms. The fraction of sp³-hybridized carbons (Fsp3) is 0.158. The Hall–Kier alpha value is -3.35. The normalized spacial score (nSPS) is 9.17. The molecule has 0 unspecified atom stereocenters. The number of rotatable bonds is 5. The van der Waals surface area contributed by atoms with Crippen molar-refractivity contribution in [2.24, 2.45) is 4.99 Å². The number of nitrogens with one attached hydrogen (secondary N) is 1. The summed E-state index contributed by atoms with van der Waals surface area (Å²) >= 11 is 0. The number of hydrogen-bond donors (Lipinski definition) is 1. The standard InChI is InChI=1S/C19H16N2O3/c22-15-21-18-11-6-10-16(13-18)7-4-5-12-20-19(23)24-14-17-8-2-1-3-9-17/h1-3,6,8-11,13H,5,12,14H2,(H,20,23). The molecule has 0 saturated carbocycles. The van der Waals surface area contributed by atoms with Gasteiger partial charge in [0.2, 0.25) is 6.08 Å². The molecule has 0 spiro atoms. The van der Waals surface area contributed by atoms with Crippen LogP contribution < -0.4 is 5.32 Å². The van der Waals surface area contributed by atoms with Crippen molar-refractivity contribution < 1.29 is 14.3 Å². The van der Waals surface area contributed by atoms with Crippen molar-refractivity contribution in [2.45, 2.75) is 13.0 Å². The number of alkyl carbamates (subject to hydrolysis) is 1. The third kappa shape index (κ3) is 6.18. The molecule has 0 aliphatic heterocycles. The molecule has 2 aromatic rings. The van der Waals surface area contributed by atoms with E-state index >= 15 is 0 Å². The van der Waals surface area contributed by atoms with Crippen LogP contribution in [0.25, 0.3) is 0 Å². The molecule has 2 rings (SSSR count). The molecule has 0 fully saturated rings. The molecular weight excluding hydrogens is 304 g/mol. The van der Waals surface area contributed by atoms with E-state index in [0.717, 1.165) is 11.1 Å². The molecule has 0 aliphatic carbocycles. The van der Waals surface area contributed by atoms with Crippen LogP contribution in [0.15, 0.2) is 59.6 Å². The zero-order valence-corrected chi connectivity index (χ0v) is 13.0. The molecule has 0 atom stereocenters. The van der Waals surface area contributed by atoms with E-state index < -0.39 is 6.09 Å². The summed E-state index contributed by atoms with van der Waals surface area (Å²) in [6.45, 7) is 0.634. The number of carbonyl (C=O) groups excluding carboxylic acids is 2. The number of isocyanates is 1. The highest BCUT2D eigenvalue weighted by molar-refractivity contribution is 5.67. The van der Waals surface area contributed by atoms with Gasteiger partial charge in [0, 0.05) is 18.5 Å². The highest BCUT2D eigenvalue weighted by Crippen LogP contribution is 2.12. The molecule has 0 saturated heterocycles. The number of benzene rings is 2. The Morgan fingerprint density at radius 3 is 2.75 bits per heavy atom. The second-order valence-corrected chi connectivity index (χ2v) is 4.79. The van der Waals surface area contributed by atoms with Crippen molar-refractivity contribution in [1.82, 2.24) is 5.32 Å². The molecule has 0 aliphatic rings. The average molecular weight is 320 g/mol. The Kier molecular flexibility index (Phi) is 6.82. The van der Waals surface area contributed by atoms with Gasteiger partial charge in [-0.1, -0.05) is 48.2 Å². The monoisotopic (exact) mass is 320 g/mol.